The predicted molar refractivity (Wildman–Crippen MR) is 115 cm³/mol. The van der Waals surface area contributed by atoms with Gasteiger partial charge in [-0.3, -0.25) is 4.79 Å². The number of rotatable bonds is 9. The van der Waals surface area contributed by atoms with E-state index in [2.05, 4.69) is 4.98 Å². The fourth-order valence-corrected chi connectivity index (χ4v) is 4.72. The number of hydrogen-bond donors (Lipinski definition) is 1. The normalized spacial score (nSPS) is 22.0. The molecule has 1 atom stereocenters. The van der Waals surface area contributed by atoms with Crippen LogP contribution in [0.1, 0.15) is 68.0 Å². The number of carboxylic acid groups (broad SMARTS) is 1. The molecule has 2 fully saturated rings. The summed E-state index contributed by atoms with van der Waals surface area (Å²) in [7, 11) is 1.60. The number of aromatic nitrogens is 1. The highest BCUT2D eigenvalue weighted by Gasteiger charge is 2.35. The predicted octanol–water partition coefficient (Wildman–Crippen LogP) is 5.55. The van der Waals surface area contributed by atoms with Crippen LogP contribution in [0, 0.1) is 17.7 Å². The molecule has 31 heavy (non-hydrogen) atoms. The lowest BCUT2D eigenvalue weighted by atomic mass is 9.79. The number of hydrogen-bond acceptors (Lipinski definition) is 4. The standard InChI is InChI=1S/C25H30FNO4/c1-30-19-11-12-22(26)20(13-19)17-7-5-16(6-8-17)15-31-24-4-2-3-23(27-24)21(14-25(28)29)18-9-10-18/h2-4,11-13,16-18,21H,5-10,14-15H2,1H3,(H,28,29)/t16?,17?,21-/m0/s1. The van der Waals surface area contributed by atoms with Gasteiger partial charge in [-0.2, -0.15) is 0 Å². The van der Waals surface area contributed by atoms with Crippen molar-refractivity contribution in [3.8, 4) is 11.6 Å². The van der Waals surface area contributed by atoms with E-state index in [0.717, 1.165) is 49.8 Å². The molecule has 1 aromatic carbocycles. The van der Waals surface area contributed by atoms with Gasteiger partial charge in [-0.1, -0.05) is 6.07 Å². The van der Waals surface area contributed by atoms with Gasteiger partial charge in [0.25, 0.3) is 0 Å². The Morgan fingerprint density at radius 1 is 1.16 bits per heavy atom. The van der Waals surface area contributed by atoms with Gasteiger partial charge in [-0.25, -0.2) is 9.37 Å². The van der Waals surface area contributed by atoms with E-state index in [1.54, 1.807) is 13.2 Å². The van der Waals surface area contributed by atoms with E-state index in [1.807, 2.05) is 24.3 Å². The fraction of sp³-hybridized carbons (Fsp3) is 0.520. The summed E-state index contributed by atoms with van der Waals surface area (Å²) in [5.41, 5.74) is 1.57. The molecule has 0 saturated heterocycles. The number of halogens is 1. The second-order valence-corrected chi connectivity index (χ2v) is 8.86. The molecule has 2 aromatic rings. The Kier molecular flexibility index (Phi) is 6.73. The number of carboxylic acids is 1. The van der Waals surface area contributed by atoms with Crippen molar-refractivity contribution in [2.24, 2.45) is 11.8 Å². The number of methoxy groups -OCH3 is 1. The van der Waals surface area contributed by atoms with Crippen molar-refractivity contribution in [1.29, 1.82) is 0 Å². The zero-order valence-corrected chi connectivity index (χ0v) is 17.9. The molecule has 2 aliphatic carbocycles. The fourth-order valence-electron chi connectivity index (χ4n) is 4.72. The summed E-state index contributed by atoms with van der Waals surface area (Å²) < 4.78 is 25.5. The van der Waals surface area contributed by atoms with E-state index in [-0.39, 0.29) is 24.1 Å². The first kappa shape index (κ1) is 21.6. The van der Waals surface area contributed by atoms with Crippen LogP contribution in [0.25, 0.3) is 0 Å². The first-order valence-electron chi connectivity index (χ1n) is 11.2. The molecule has 5 nitrogen and oxygen atoms in total. The average Bonchev–Trinajstić information content (AvgIpc) is 3.62. The highest BCUT2D eigenvalue weighted by molar-refractivity contribution is 5.68. The molecule has 0 aliphatic heterocycles. The van der Waals surface area contributed by atoms with Gasteiger partial charge in [-0.05, 0) is 86.1 Å². The molecule has 1 N–H and O–H groups in total. The number of benzene rings is 1. The quantitative estimate of drug-likeness (QED) is 0.568. The number of pyridine rings is 1. The van der Waals surface area contributed by atoms with Crippen LogP contribution in [0.5, 0.6) is 11.6 Å². The van der Waals surface area contributed by atoms with E-state index in [9.17, 15) is 14.3 Å². The third kappa shape index (κ3) is 5.54. The lowest BCUT2D eigenvalue weighted by Gasteiger charge is -2.29. The molecule has 0 amide bonds. The minimum absolute atomic E-state index is 0.0331. The Balaban J connectivity index is 1.31. The molecule has 0 radical (unpaired) electrons. The molecular weight excluding hydrogens is 397 g/mol. The SMILES string of the molecule is COc1ccc(F)c(C2CCC(COc3cccc([C@@H](CC(=O)O)C4CC4)n3)CC2)c1. The van der Waals surface area contributed by atoms with Crippen LogP contribution < -0.4 is 9.47 Å². The van der Waals surface area contributed by atoms with Gasteiger partial charge in [0.2, 0.25) is 5.88 Å². The summed E-state index contributed by atoms with van der Waals surface area (Å²) in [5, 5.41) is 9.23. The summed E-state index contributed by atoms with van der Waals surface area (Å²) >= 11 is 0. The highest BCUT2D eigenvalue weighted by Crippen LogP contribution is 2.44. The molecule has 0 spiro atoms. The number of carbonyl (C=O) groups is 1. The molecule has 0 bridgehead atoms. The molecule has 6 heteroatoms. The molecule has 1 aromatic heterocycles. The Labute approximate surface area is 182 Å². The molecule has 4 rings (SSSR count). The molecule has 1 heterocycles. The number of ether oxygens (including phenoxy) is 2. The lowest BCUT2D eigenvalue weighted by Crippen LogP contribution is -2.20. The summed E-state index contributed by atoms with van der Waals surface area (Å²) in [4.78, 5) is 15.8. The van der Waals surface area contributed by atoms with Crippen LogP contribution in [0.15, 0.2) is 36.4 Å². The van der Waals surface area contributed by atoms with Crippen molar-refractivity contribution < 1.29 is 23.8 Å². The van der Waals surface area contributed by atoms with Crippen LogP contribution in [0.2, 0.25) is 0 Å². The first-order chi connectivity index (χ1) is 15.0. The smallest absolute Gasteiger partial charge is 0.304 e. The maximum absolute atomic E-state index is 14.3. The van der Waals surface area contributed by atoms with Gasteiger partial charge in [-0.15, -0.1) is 0 Å². The minimum Gasteiger partial charge on any atom is -0.497 e. The van der Waals surface area contributed by atoms with Gasteiger partial charge in [0, 0.05) is 17.7 Å². The Morgan fingerprint density at radius 2 is 1.94 bits per heavy atom. The van der Waals surface area contributed by atoms with E-state index in [4.69, 9.17) is 9.47 Å². The minimum atomic E-state index is -0.783. The Morgan fingerprint density at radius 3 is 2.61 bits per heavy atom. The van der Waals surface area contributed by atoms with Crippen LogP contribution in [0.3, 0.4) is 0 Å². The monoisotopic (exact) mass is 427 g/mol. The highest BCUT2D eigenvalue weighted by atomic mass is 19.1. The molecule has 0 unspecified atom stereocenters. The van der Waals surface area contributed by atoms with Crippen LogP contribution in [-0.2, 0) is 4.79 Å². The first-order valence-corrected chi connectivity index (χ1v) is 11.2. The van der Waals surface area contributed by atoms with Crippen LogP contribution >= 0.6 is 0 Å². The van der Waals surface area contributed by atoms with Crippen LogP contribution in [0.4, 0.5) is 4.39 Å². The maximum atomic E-state index is 14.3. The van der Waals surface area contributed by atoms with E-state index >= 15 is 0 Å². The van der Waals surface area contributed by atoms with Gasteiger partial charge >= 0.3 is 5.97 Å². The summed E-state index contributed by atoms with van der Waals surface area (Å²) in [6, 6.07) is 10.6. The van der Waals surface area contributed by atoms with Gasteiger partial charge in [0.1, 0.15) is 11.6 Å². The summed E-state index contributed by atoms with van der Waals surface area (Å²) in [6.45, 7) is 0.580. The zero-order chi connectivity index (χ0) is 21.8. The lowest BCUT2D eigenvalue weighted by molar-refractivity contribution is -0.137. The van der Waals surface area contributed by atoms with E-state index in [1.165, 1.54) is 6.07 Å². The third-order valence-electron chi connectivity index (χ3n) is 6.67. The Bertz CT molecular complexity index is 906. The second kappa shape index (κ2) is 9.67. The average molecular weight is 428 g/mol. The van der Waals surface area contributed by atoms with Gasteiger partial charge in [0.15, 0.2) is 0 Å². The maximum Gasteiger partial charge on any atom is 0.304 e. The molecule has 2 saturated carbocycles. The van der Waals surface area contributed by atoms with Crippen molar-refractivity contribution in [2.75, 3.05) is 13.7 Å². The van der Waals surface area contributed by atoms with E-state index in [0.29, 0.717) is 30.1 Å². The van der Waals surface area contributed by atoms with Crippen molar-refractivity contribution in [3.05, 3.63) is 53.5 Å². The third-order valence-corrected chi connectivity index (χ3v) is 6.67. The van der Waals surface area contributed by atoms with Crippen molar-refractivity contribution in [3.63, 3.8) is 0 Å². The summed E-state index contributed by atoms with van der Waals surface area (Å²) in [5.74, 6) is 1.33. The molecule has 2 aliphatic rings. The second-order valence-electron chi connectivity index (χ2n) is 8.86. The van der Waals surface area contributed by atoms with Gasteiger partial charge < -0.3 is 14.6 Å². The van der Waals surface area contributed by atoms with E-state index < -0.39 is 5.97 Å². The molecule has 166 valence electrons. The van der Waals surface area contributed by atoms with Crippen LogP contribution in [-0.4, -0.2) is 29.8 Å². The Hall–Kier alpha value is -2.63. The van der Waals surface area contributed by atoms with Crippen molar-refractivity contribution in [2.45, 2.75) is 56.8 Å². The largest absolute Gasteiger partial charge is 0.497 e. The topological polar surface area (TPSA) is 68.7 Å². The van der Waals surface area contributed by atoms with Crippen molar-refractivity contribution in [1.82, 2.24) is 4.98 Å². The van der Waals surface area contributed by atoms with Gasteiger partial charge in [0.05, 0.1) is 20.1 Å². The zero-order valence-electron chi connectivity index (χ0n) is 17.9. The number of nitrogens with zero attached hydrogens (tertiary/aromatic N) is 1. The molecular formula is C25H30FNO4. The summed E-state index contributed by atoms with van der Waals surface area (Å²) in [6.07, 6.45) is 6.06. The van der Waals surface area contributed by atoms with Crippen molar-refractivity contribution >= 4 is 5.97 Å². The number of aliphatic carboxylic acids is 1.